The Morgan fingerprint density at radius 3 is 2.33 bits per heavy atom. The molecule has 0 aliphatic carbocycles. The van der Waals surface area contributed by atoms with Gasteiger partial charge in [-0.15, -0.1) is 0 Å². The predicted octanol–water partition coefficient (Wildman–Crippen LogP) is 3.27. The van der Waals surface area contributed by atoms with Gasteiger partial charge in [-0.05, 0) is 31.0 Å². The molecule has 0 bridgehead atoms. The summed E-state index contributed by atoms with van der Waals surface area (Å²) in [5.74, 6) is -1.09. The molecule has 0 saturated carbocycles. The van der Waals surface area contributed by atoms with E-state index < -0.39 is 17.6 Å². The summed E-state index contributed by atoms with van der Waals surface area (Å²) in [6, 6.07) is 2.08. The van der Waals surface area contributed by atoms with Crippen LogP contribution in [0.25, 0.3) is 0 Å². The van der Waals surface area contributed by atoms with Crippen LogP contribution in [-0.4, -0.2) is 17.8 Å². The summed E-state index contributed by atoms with van der Waals surface area (Å²) in [6.07, 6.45) is -4.55. The lowest BCUT2D eigenvalue weighted by atomic mass is 10.0. The highest BCUT2D eigenvalue weighted by Crippen LogP contribution is 2.31. The topological polar surface area (TPSA) is 32.3 Å². The lowest BCUT2D eigenvalue weighted by Crippen LogP contribution is -2.26. The van der Waals surface area contributed by atoms with Crippen LogP contribution in [0, 0.1) is 11.7 Å². The third-order valence-electron chi connectivity index (χ3n) is 2.82. The van der Waals surface area contributed by atoms with Gasteiger partial charge in [-0.3, -0.25) is 0 Å². The number of hydrogen-bond acceptors (Lipinski definition) is 2. The molecular formula is C12H15F4NO. The van der Waals surface area contributed by atoms with E-state index in [9.17, 15) is 17.6 Å². The number of aliphatic hydroxyl groups excluding tert-OH is 1. The van der Waals surface area contributed by atoms with Gasteiger partial charge in [-0.1, -0.05) is 6.92 Å². The van der Waals surface area contributed by atoms with Crippen molar-refractivity contribution < 1.29 is 22.7 Å². The molecule has 2 nitrogen and oxygen atoms in total. The lowest BCUT2D eigenvalue weighted by Gasteiger charge is -2.21. The van der Waals surface area contributed by atoms with Crippen LogP contribution in [0.1, 0.15) is 19.4 Å². The molecule has 0 aromatic heterocycles. The lowest BCUT2D eigenvalue weighted by molar-refractivity contribution is -0.137. The number of alkyl halides is 3. The average molecular weight is 265 g/mol. The van der Waals surface area contributed by atoms with Crippen LogP contribution < -0.4 is 5.32 Å². The van der Waals surface area contributed by atoms with E-state index in [2.05, 4.69) is 5.32 Å². The molecule has 0 aliphatic heterocycles. The van der Waals surface area contributed by atoms with E-state index in [4.69, 9.17) is 5.11 Å². The van der Waals surface area contributed by atoms with Gasteiger partial charge in [0.1, 0.15) is 5.82 Å². The first-order valence-corrected chi connectivity index (χ1v) is 5.50. The monoisotopic (exact) mass is 265 g/mol. The standard InChI is InChI=1S/C12H15F4NO/c1-7(6-18)8(2)17-11-4-3-9(5-10(11)13)12(14,15)16/h3-5,7-8,17-18H,6H2,1-2H3. The van der Waals surface area contributed by atoms with Crippen molar-refractivity contribution >= 4 is 5.69 Å². The molecule has 0 heterocycles. The fourth-order valence-corrected chi connectivity index (χ4v) is 1.35. The molecule has 0 amide bonds. The Bertz CT molecular complexity index is 406. The van der Waals surface area contributed by atoms with Crippen molar-refractivity contribution in [2.45, 2.75) is 26.1 Å². The third kappa shape index (κ3) is 3.60. The second-order valence-electron chi connectivity index (χ2n) is 4.29. The first kappa shape index (κ1) is 14.8. The molecule has 0 spiro atoms. The minimum absolute atomic E-state index is 0.00389. The molecule has 102 valence electrons. The number of nitrogens with one attached hydrogen (secondary N) is 1. The van der Waals surface area contributed by atoms with Gasteiger partial charge in [-0.25, -0.2) is 4.39 Å². The fraction of sp³-hybridized carbons (Fsp3) is 0.500. The molecule has 1 aromatic rings. The van der Waals surface area contributed by atoms with Crippen molar-refractivity contribution in [2.24, 2.45) is 5.92 Å². The van der Waals surface area contributed by atoms with E-state index in [0.29, 0.717) is 6.07 Å². The van der Waals surface area contributed by atoms with Crippen LogP contribution in [-0.2, 0) is 6.18 Å². The molecule has 1 aromatic carbocycles. The Balaban J connectivity index is 2.87. The van der Waals surface area contributed by atoms with Crippen molar-refractivity contribution in [3.8, 4) is 0 Å². The van der Waals surface area contributed by atoms with Gasteiger partial charge in [-0.2, -0.15) is 13.2 Å². The zero-order valence-electron chi connectivity index (χ0n) is 10.1. The van der Waals surface area contributed by atoms with Crippen LogP contribution in [0.5, 0.6) is 0 Å². The van der Waals surface area contributed by atoms with E-state index in [1.165, 1.54) is 0 Å². The van der Waals surface area contributed by atoms with Gasteiger partial charge in [0.2, 0.25) is 0 Å². The second-order valence-corrected chi connectivity index (χ2v) is 4.29. The maximum atomic E-state index is 13.5. The van der Waals surface area contributed by atoms with Gasteiger partial charge >= 0.3 is 6.18 Å². The molecule has 6 heteroatoms. The summed E-state index contributed by atoms with van der Waals surface area (Å²) in [6.45, 7) is 3.38. The summed E-state index contributed by atoms with van der Waals surface area (Å²) in [5, 5.41) is 11.7. The van der Waals surface area contributed by atoms with Crippen LogP contribution >= 0.6 is 0 Å². The number of hydrogen-bond donors (Lipinski definition) is 2. The highest BCUT2D eigenvalue weighted by molar-refractivity contribution is 5.47. The van der Waals surface area contributed by atoms with Gasteiger partial charge in [0.25, 0.3) is 0 Å². The van der Waals surface area contributed by atoms with E-state index in [1.807, 2.05) is 0 Å². The summed E-state index contributed by atoms with van der Waals surface area (Å²) < 4.78 is 50.5. The first-order valence-electron chi connectivity index (χ1n) is 5.50. The first-order chi connectivity index (χ1) is 8.25. The van der Waals surface area contributed by atoms with Crippen LogP contribution in [0.2, 0.25) is 0 Å². The predicted molar refractivity (Wildman–Crippen MR) is 60.7 cm³/mol. The van der Waals surface area contributed by atoms with Crippen molar-refractivity contribution in [1.29, 1.82) is 0 Å². The molecule has 1 rings (SSSR count). The van der Waals surface area contributed by atoms with Gasteiger partial charge in [0, 0.05) is 12.6 Å². The number of halogens is 4. The molecule has 0 aliphatic rings. The minimum Gasteiger partial charge on any atom is -0.396 e. The molecule has 2 N–H and O–H groups in total. The van der Waals surface area contributed by atoms with E-state index in [0.717, 1.165) is 12.1 Å². The molecule has 0 saturated heterocycles. The van der Waals surface area contributed by atoms with E-state index >= 15 is 0 Å². The smallest absolute Gasteiger partial charge is 0.396 e. The van der Waals surface area contributed by atoms with Crippen LogP contribution in [0.4, 0.5) is 23.2 Å². The highest BCUT2D eigenvalue weighted by atomic mass is 19.4. The Kier molecular flexibility index (Phi) is 4.56. The Morgan fingerprint density at radius 1 is 1.28 bits per heavy atom. The Hall–Kier alpha value is -1.30. The summed E-state index contributed by atoms with van der Waals surface area (Å²) in [4.78, 5) is 0. The highest BCUT2D eigenvalue weighted by Gasteiger charge is 2.31. The minimum atomic E-state index is -4.55. The van der Waals surface area contributed by atoms with Crippen LogP contribution in [0.3, 0.4) is 0 Å². The summed E-state index contributed by atoms with van der Waals surface area (Å²) in [5.41, 5.74) is -1.02. The van der Waals surface area contributed by atoms with Gasteiger partial charge < -0.3 is 10.4 Å². The van der Waals surface area contributed by atoms with E-state index in [-0.39, 0.29) is 24.3 Å². The maximum Gasteiger partial charge on any atom is 0.416 e. The van der Waals surface area contributed by atoms with E-state index in [1.54, 1.807) is 13.8 Å². The normalized spacial score (nSPS) is 15.3. The maximum absolute atomic E-state index is 13.5. The number of benzene rings is 1. The largest absolute Gasteiger partial charge is 0.416 e. The third-order valence-corrected chi connectivity index (χ3v) is 2.82. The van der Waals surface area contributed by atoms with Crippen molar-refractivity contribution in [3.63, 3.8) is 0 Å². The van der Waals surface area contributed by atoms with Crippen molar-refractivity contribution in [2.75, 3.05) is 11.9 Å². The number of rotatable bonds is 4. The average Bonchev–Trinajstić information content (AvgIpc) is 2.29. The number of aliphatic hydroxyl groups is 1. The molecule has 2 atom stereocenters. The van der Waals surface area contributed by atoms with Gasteiger partial charge in [0.05, 0.1) is 11.3 Å². The zero-order valence-corrected chi connectivity index (χ0v) is 10.1. The molecule has 0 radical (unpaired) electrons. The Morgan fingerprint density at radius 2 is 1.89 bits per heavy atom. The fourth-order valence-electron chi connectivity index (χ4n) is 1.35. The van der Waals surface area contributed by atoms with Crippen molar-refractivity contribution in [3.05, 3.63) is 29.6 Å². The summed E-state index contributed by atoms with van der Waals surface area (Å²) in [7, 11) is 0. The number of anilines is 1. The molecule has 2 unspecified atom stereocenters. The summed E-state index contributed by atoms with van der Waals surface area (Å²) >= 11 is 0. The molecule has 0 fully saturated rings. The molecule has 18 heavy (non-hydrogen) atoms. The SMILES string of the molecule is CC(CO)C(C)Nc1ccc(C(F)(F)F)cc1F. The molecular weight excluding hydrogens is 250 g/mol. The zero-order chi connectivity index (χ0) is 13.9. The van der Waals surface area contributed by atoms with Crippen molar-refractivity contribution in [1.82, 2.24) is 0 Å². The van der Waals surface area contributed by atoms with Gasteiger partial charge in [0.15, 0.2) is 0 Å². The quantitative estimate of drug-likeness (QED) is 0.819. The Labute approximate surface area is 103 Å². The second kappa shape index (κ2) is 5.56. The van der Waals surface area contributed by atoms with Crippen LogP contribution in [0.15, 0.2) is 18.2 Å².